The average Bonchev–Trinajstić information content (AvgIpc) is 1.61. The van der Waals surface area contributed by atoms with Crippen LogP contribution < -0.4 is 63.6 Å². The summed E-state index contributed by atoms with van der Waals surface area (Å²) < 4.78 is 25.7. The number of halogens is 1. The number of aliphatic hydroxyl groups excluding tert-OH is 3. The van der Waals surface area contributed by atoms with Crippen LogP contribution in [0.4, 0.5) is 9.18 Å². The Morgan fingerprint density at radius 2 is 1.29 bits per heavy atom. The van der Waals surface area contributed by atoms with Crippen molar-refractivity contribution in [2.45, 2.75) is 177 Å². The number of aryl methyl sites for hydroxylation is 2. The van der Waals surface area contributed by atoms with Crippen molar-refractivity contribution >= 4 is 83.0 Å². The van der Waals surface area contributed by atoms with Crippen molar-refractivity contribution in [2.75, 3.05) is 33.9 Å². The van der Waals surface area contributed by atoms with Gasteiger partial charge in [0, 0.05) is 56.6 Å². The summed E-state index contributed by atoms with van der Waals surface area (Å²) in [4.78, 5) is 205. The smallest absolute Gasteiger partial charge is 0.407 e. The van der Waals surface area contributed by atoms with Gasteiger partial charge in [-0.25, -0.2) is 14.2 Å². The number of nitrogens with two attached hydrogens (primary N) is 1. The summed E-state index contributed by atoms with van der Waals surface area (Å²) in [5, 5.41) is 75.7. The summed E-state index contributed by atoms with van der Waals surface area (Å²) in [5.41, 5.74) is 7.80. The molecule has 0 aliphatic carbocycles. The average molecular weight is 1610 g/mol. The number of H-pyrrole nitrogens is 1. The number of ether oxygens (including phenoxy) is 2. The van der Waals surface area contributed by atoms with Gasteiger partial charge in [-0.2, -0.15) is 0 Å². The monoisotopic (exact) mass is 1610 g/mol. The van der Waals surface area contributed by atoms with Crippen LogP contribution in [-0.4, -0.2) is 234 Å². The van der Waals surface area contributed by atoms with Crippen LogP contribution >= 0.6 is 0 Å². The fraction of sp³-hybridized carbons (Fsp3) is 0.418. The molecule has 18 N–H and O–H groups in total. The summed E-state index contributed by atoms with van der Waals surface area (Å²) in [5.74, 6) is -16.1. The Labute approximate surface area is 666 Å². The zero-order valence-corrected chi connectivity index (χ0v) is 65.1. The third-order valence-electron chi connectivity index (χ3n) is 19.6. The molecule has 3 heterocycles. The van der Waals surface area contributed by atoms with E-state index in [0.29, 0.717) is 34.7 Å². The van der Waals surface area contributed by atoms with E-state index in [9.17, 15) is 92.7 Å². The largest absolute Gasteiger partial charge is 0.497 e. The number of methoxy groups -OCH3 is 2. The number of likely N-dealkylation sites (tertiary alicyclic amines) is 1. The fourth-order valence-corrected chi connectivity index (χ4v) is 13.0. The molecule has 0 spiro atoms. The Hall–Kier alpha value is -12.8. The highest BCUT2D eigenvalue weighted by Crippen LogP contribution is 2.32. The van der Waals surface area contributed by atoms with Crippen LogP contribution in [0.3, 0.4) is 0 Å². The number of benzene rings is 4. The predicted molar refractivity (Wildman–Crippen MR) is 413 cm³/mol. The van der Waals surface area contributed by atoms with Crippen molar-refractivity contribution in [1.29, 1.82) is 0 Å². The van der Waals surface area contributed by atoms with E-state index < -0.39 is 199 Å². The first-order valence-corrected chi connectivity index (χ1v) is 37.1. The quantitative estimate of drug-likeness (QED) is 0.0230. The molecule has 0 radical (unpaired) electrons. The highest BCUT2D eigenvalue weighted by Gasteiger charge is 2.49. The van der Waals surface area contributed by atoms with Gasteiger partial charge in [-0.05, 0) is 124 Å². The summed E-state index contributed by atoms with van der Waals surface area (Å²) in [6, 6.07) is 13.8. The van der Waals surface area contributed by atoms with Gasteiger partial charge in [0.2, 0.25) is 65.0 Å². The normalized spacial score (nSPS) is 16.2. The maximum Gasteiger partial charge on any atom is 0.407 e. The van der Waals surface area contributed by atoms with Crippen LogP contribution in [0.2, 0.25) is 0 Å². The van der Waals surface area contributed by atoms with Crippen LogP contribution in [0.25, 0.3) is 22.4 Å². The molecule has 2 aromatic heterocycles. The minimum absolute atomic E-state index is 0.0116. The van der Waals surface area contributed by atoms with Crippen molar-refractivity contribution in [2.24, 2.45) is 5.73 Å². The minimum Gasteiger partial charge on any atom is -0.497 e. The molecule has 1 aliphatic heterocycles. The highest BCUT2D eigenvalue weighted by molar-refractivity contribution is 6.01. The van der Waals surface area contributed by atoms with Gasteiger partial charge in [0.1, 0.15) is 71.0 Å². The van der Waals surface area contributed by atoms with E-state index in [4.69, 9.17) is 15.2 Å². The Morgan fingerprint density at radius 3 is 1.90 bits per heavy atom. The number of carbonyl (C=O) groups excluding carboxylic acids is 12. The molecule has 0 bridgehead atoms. The van der Waals surface area contributed by atoms with E-state index in [1.54, 1.807) is 49.6 Å². The molecular weight excluding hydrogens is 1510 g/mol. The van der Waals surface area contributed by atoms with E-state index in [0.717, 1.165) is 61.8 Å². The van der Waals surface area contributed by atoms with Crippen LogP contribution in [-0.2, 0) is 99.2 Å². The number of imidazole rings is 1. The second kappa shape index (κ2) is 41.8. The maximum atomic E-state index is 15.6. The lowest BCUT2D eigenvalue weighted by atomic mass is 9.90. The molecule has 12 amide bonds. The van der Waals surface area contributed by atoms with Crippen LogP contribution in [0.5, 0.6) is 5.75 Å². The maximum absolute atomic E-state index is 15.6. The van der Waals surface area contributed by atoms with Crippen molar-refractivity contribution < 1.29 is 107 Å². The van der Waals surface area contributed by atoms with Crippen molar-refractivity contribution in [3.63, 3.8) is 0 Å². The first-order valence-electron chi connectivity index (χ1n) is 37.1. The van der Waals surface area contributed by atoms with Crippen molar-refractivity contribution in [3.05, 3.63) is 161 Å². The Balaban J connectivity index is 1.05. The van der Waals surface area contributed by atoms with Gasteiger partial charge >= 0.3 is 18.0 Å². The number of hydrogen-bond donors (Lipinski definition) is 17. The third-order valence-corrected chi connectivity index (χ3v) is 19.6. The number of carboxylic acid groups (broad SMARTS) is 2. The molecule has 7 rings (SSSR count). The summed E-state index contributed by atoms with van der Waals surface area (Å²) in [6.07, 6.45) is -3.26. The van der Waals surface area contributed by atoms with Gasteiger partial charge in [0.15, 0.2) is 0 Å². The number of primary amides is 1. The van der Waals surface area contributed by atoms with E-state index in [1.807, 2.05) is 50.2 Å². The molecule has 36 nitrogen and oxygen atoms in total. The van der Waals surface area contributed by atoms with Gasteiger partial charge in [-0.15, -0.1) is 0 Å². The molecule has 12 atom stereocenters. The lowest BCUT2D eigenvalue weighted by Gasteiger charge is -2.37. The SMILES string of the molecule is CCc1cc(OC)ccc1-c1ccc(C[C@H](NC(=O)[C@H](CC(=O)O)NC(=O)[C@H](CO)NC(=O)[C@@H](NC(=O)C(C)(Cc2ccccc2F)NC(=O)[C@@H](NC(=O)CNC(=O)[C@H](CCC(=O)O)NC(=O)C2(C)CCCN2C(=O)[C@H](Cc2c[nH]cn2)NC(=O)OC)[C@@H](C)O)[C@@H](C)O)C(=O)N[C@@H](Cc2ccc(-c3ccccc3C)nc2)C(N)=O)cc1. The number of alkyl carbamates (subject to hydrolysis) is 1. The molecule has 37 heteroatoms. The number of aliphatic hydroxyl groups is 3. The molecule has 0 saturated carbocycles. The number of carboxylic acids is 2. The Bertz CT molecular complexity index is 4530. The number of rotatable bonds is 41. The van der Waals surface area contributed by atoms with Crippen LogP contribution in [0.15, 0.2) is 122 Å². The molecule has 4 aromatic carbocycles. The number of hydrogen-bond acceptors (Lipinski definition) is 21. The first kappa shape index (κ1) is 90.4. The molecule has 6 aromatic rings. The standard InChI is InChI=1S/C79H98FN15O21/c1-9-47-33-51(115-7)24-25-53(47)48-22-19-45(20-23-48)31-58(69(106)86-57(67(81)104)32-46-21-26-55(83-37-46)52-17-12-10-15-42(52)2)87-70(107)59(35-64(102)103)88-71(108)61(40-96)89-72(109)65(43(3)97)93-75(112)78(5,36-49-16-11-13-18-54(49)80)94-73(110)66(44(4)98)92-62(99)39-84-68(105)56(27-28-63(100)101)90-76(113)79(6)29-14-30-95(79)74(111)60(91-77(114)116-8)34-50-38-82-41-85-50/h10-13,15-26,33,37-38,41,43-44,56-61,65-66,96-98H,9,14,27-32,34-36,39-40H2,1-8H3,(H2,81,104)(H,82,85)(H,84,105)(H,86,106)(H,87,107)(H,88,108)(H,89,109)(H,90,113)(H,91,114)(H,92,99)(H,93,112)(H,94,110)(H,100,101)(H,102,103)/t43-,44-,56+,57+,58+,59+,60+,61+,65+,66+,78?,79?/m1/s1. The zero-order valence-electron chi connectivity index (χ0n) is 65.1. The molecular formula is C79H98FN15O21. The molecule has 1 saturated heterocycles. The van der Waals surface area contributed by atoms with Gasteiger partial charge in [-0.3, -0.25) is 67.3 Å². The van der Waals surface area contributed by atoms with Crippen molar-refractivity contribution in [1.82, 2.24) is 73.0 Å². The predicted octanol–water partition coefficient (Wildman–Crippen LogP) is -0.503. The number of aromatic amines is 1. The summed E-state index contributed by atoms with van der Waals surface area (Å²) >= 11 is 0. The number of aromatic nitrogens is 3. The molecule has 116 heavy (non-hydrogen) atoms. The van der Waals surface area contributed by atoms with Gasteiger partial charge in [-0.1, -0.05) is 85.8 Å². The van der Waals surface area contributed by atoms with Crippen LogP contribution in [0.1, 0.15) is 100 Å². The first-order chi connectivity index (χ1) is 55.0. The second-order valence-electron chi connectivity index (χ2n) is 28.3. The molecule has 622 valence electrons. The Kier molecular flexibility index (Phi) is 32.6. The van der Waals surface area contributed by atoms with Crippen molar-refractivity contribution in [3.8, 4) is 28.1 Å². The number of aliphatic carboxylic acids is 2. The van der Waals surface area contributed by atoms with E-state index in [-0.39, 0.29) is 44.2 Å². The lowest BCUT2D eigenvalue weighted by molar-refractivity contribution is -0.146. The van der Waals surface area contributed by atoms with Gasteiger partial charge in [0.05, 0.1) is 63.7 Å². The van der Waals surface area contributed by atoms with Gasteiger partial charge in [0.25, 0.3) is 0 Å². The summed E-state index contributed by atoms with van der Waals surface area (Å²) in [6.45, 7) is 6.03. The van der Waals surface area contributed by atoms with E-state index >= 15 is 4.39 Å². The fourth-order valence-electron chi connectivity index (χ4n) is 13.0. The molecule has 1 fully saturated rings. The van der Waals surface area contributed by atoms with Gasteiger partial charge < -0.3 is 104 Å². The van der Waals surface area contributed by atoms with E-state index in [1.165, 1.54) is 48.7 Å². The number of nitrogens with one attached hydrogen (secondary N) is 11. The lowest BCUT2D eigenvalue weighted by Crippen LogP contribution is -2.67. The minimum atomic E-state index is -2.45. The Morgan fingerprint density at radius 1 is 0.664 bits per heavy atom. The third kappa shape index (κ3) is 24.9. The molecule has 2 unspecified atom stereocenters. The number of carbonyl (C=O) groups is 14. The topological polar surface area (TPSA) is 550 Å². The zero-order chi connectivity index (χ0) is 85.3. The van der Waals surface area contributed by atoms with Crippen LogP contribution in [0, 0.1) is 12.7 Å². The highest BCUT2D eigenvalue weighted by atomic mass is 19.1. The second-order valence-corrected chi connectivity index (χ2v) is 28.3. The number of amides is 12. The molecule has 1 aliphatic rings. The number of pyridine rings is 1. The number of nitrogens with zero attached hydrogens (tertiary/aromatic N) is 3. The van der Waals surface area contributed by atoms with E-state index in [2.05, 4.69) is 68.1 Å². The summed E-state index contributed by atoms with van der Waals surface area (Å²) in [7, 11) is 2.62.